The van der Waals surface area contributed by atoms with Crippen LogP contribution in [-0.2, 0) is 18.0 Å². The predicted molar refractivity (Wildman–Crippen MR) is 73.9 cm³/mol. The van der Waals surface area contributed by atoms with Crippen LogP contribution >= 0.6 is 0 Å². The molecule has 0 amide bonds. The van der Waals surface area contributed by atoms with Gasteiger partial charge in [0.15, 0.2) is 0 Å². The first-order valence-electron chi connectivity index (χ1n) is 6.73. The van der Waals surface area contributed by atoms with Crippen molar-refractivity contribution in [3.8, 4) is 0 Å². The molecule has 1 rings (SSSR count). The van der Waals surface area contributed by atoms with Gasteiger partial charge in [0.05, 0.1) is 19.3 Å². The monoisotopic (exact) mass is 304 g/mol. The number of ether oxygens (including phenoxy) is 1. The van der Waals surface area contributed by atoms with E-state index in [1.807, 2.05) is 0 Å². The first-order valence-corrected chi connectivity index (χ1v) is 6.73. The molecule has 0 saturated heterocycles. The number of aliphatic hydroxyl groups is 2. The van der Waals surface area contributed by atoms with Gasteiger partial charge in [-0.25, -0.2) is 9.18 Å². The summed E-state index contributed by atoms with van der Waals surface area (Å²) in [6.07, 6.45) is 0.0134. The number of aromatic nitrogens is 2. The fourth-order valence-corrected chi connectivity index (χ4v) is 1.90. The summed E-state index contributed by atoms with van der Waals surface area (Å²) in [7, 11) is 0. The molecule has 0 bridgehead atoms. The van der Waals surface area contributed by atoms with E-state index in [4.69, 9.17) is 9.84 Å². The van der Waals surface area contributed by atoms with Gasteiger partial charge in [0, 0.05) is 11.8 Å². The number of hydrogen-bond acceptors (Lipinski definition) is 5. The van der Waals surface area contributed by atoms with E-state index < -0.39 is 36.7 Å². The minimum atomic E-state index is -0.858. The van der Waals surface area contributed by atoms with Gasteiger partial charge in [-0.05, 0) is 13.3 Å². The number of alkyl halides is 1. The maximum absolute atomic E-state index is 12.4. The molecular formula is C13H21FN2O5. The van der Waals surface area contributed by atoms with Gasteiger partial charge in [0.1, 0.15) is 19.5 Å². The molecule has 1 heterocycles. The lowest BCUT2D eigenvalue weighted by atomic mass is 10.2. The van der Waals surface area contributed by atoms with Crippen LogP contribution in [0.2, 0.25) is 0 Å². The minimum Gasteiger partial charge on any atom is -0.394 e. The van der Waals surface area contributed by atoms with Crippen molar-refractivity contribution in [1.82, 2.24) is 9.13 Å². The highest BCUT2D eigenvalue weighted by Gasteiger charge is 2.18. The highest BCUT2D eigenvalue weighted by molar-refractivity contribution is 5.02. The zero-order valence-electron chi connectivity index (χ0n) is 12.2. The normalized spacial score (nSPS) is 14.1. The van der Waals surface area contributed by atoms with Gasteiger partial charge < -0.3 is 14.9 Å². The first kappa shape index (κ1) is 17.5. The van der Waals surface area contributed by atoms with E-state index in [1.54, 1.807) is 6.92 Å². The maximum atomic E-state index is 12.4. The molecule has 8 heteroatoms. The summed E-state index contributed by atoms with van der Waals surface area (Å²) in [6.45, 7) is 1.46. The van der Waals surface area contributed by atoms with Crippen molar-refractivity contribution in [3.63, 3.8) is 0 Å². The van der Waals surface area contributed by atoms with Gasteiger partial charge in [-0.2, -0.15) is 0 Å². The van der Waals surface area contributed by atoms with Gasteiger partial charge in [-0.15, -0.1) is 0 Å². The Kier molecular flexibility index (Phi) is 6.73. The number of aliphatic hydroxyl groups excluding tert-OH is 2. The van der Waals surface area contributed by atoms with Crippen molar-refractivity contribution < 1.29 is 19.3 Å². The number of halogens is 1. The Morgan fingerprint density at radius 2 is 2.10 bits per heavy atom. The molecule has 2 N–H and O–H groups in total. The summed E-state index contributed by atoms with van der Waals surface area (Å²) >= 11 is 0. The van der Waals surface area contributed by atoms with Gasteiger partial charge in [0.25, 0.3) is 5.56 Å². The van der Waals surface area contributed by atoms with Crippen LogP contribution in [-0.4, -0.2) is 44.8 Å². The molecule has 0 aliphatic rings. The SMILES string of the molecule is CC[C@H](O)C(CO)OCn1cc(C)c(=O)n(CCF)c1=O. The summed E-state index contributed by atoms with van der Waals surface area (Å²) in [4.78, 5) is 23.8. The van der Waals surface area contributed by atoms with E-state index in [2.05, 4.69) is 0 Å². The van der Waals surface area contributed by atoms with E-state index in [0.29, 0.717) is 6.42 Å². The van der Waals surface area contributed by atoms with Crippen LogP contribution in [0.3, 0.4) is 0 Å². The topological polar surface area (TPSA) is 93.7 Å². The quantitative estimate of drug-likeness (QED) is 0.668. The third-order valence-corrected chi connectivity index (χ3v) is 3.17. The van der Waals surface area contributed by atoms with Gasteiger partial charge in [-0.3, -0.25) is 13.9 Å². The maximum Gasteiger partial charge on any atom is 0.332 e. The fraction of sp³-hybridized carbons (Fsp3) is 0.692. The molecule has 0 aromatic carbocycles. The molecule has 2 atom stereocenters. The van der Waals surface area contributed by atoms with Crippen LogP contribution < -0.4 is 11.2 Å². The van der Waals surface area contributed by atoms with Crippen LogP contribution in [0.1, 0.15) is 18.9 Å². The van der Waals surface area contributed by atoms with Crippen LogP contribution in [0.5, 0.6) is 0 Å². The van der Waals surface area contributed by atoms with Crippen molar-refractivity contribution in [2.45, 2.75) is 45.8 Å². The summed E-state index contributed by atoms with van der Waals surface area (Å²) in [5.74, 6) is 0. The molecule has 0 radical (unpaired) electrons. The molecule has 0 fully saturated rings. The summed E-state index contributed by atoms with van der Waals surface area (Å²) in [5.41, 5.74) is -0.949. The van der Waals surface area contributed by atoms with E-state index in [1.165, 1.54) is 13.1 Å². The van der Waals surface area contributed by atoms with Crippen molar-refractivity contribution in [3.05, 3.63) is 32.6 Å². The number of nitrogens with zero attached hydrogens (tertiary/aromatic N) is 2. The van der Waals surface area contributed by atoms with Crippen molar-refractivity contribution in [1.29, 1.82) is 0 Å². The van der Waals surface area contributed by atoms with Gasteiger partial charge in [0.2, 0.25) is 0 Å². The molecule has 1 unspecified atom stereocenters. The Labute approximate surface area is 121 Å². The third kappa shape index (κ3) is 4.23. The fourth-order valence-electron chi connectivity index (χ4n) is 1.90. The van der Waals surface area contributed by atoms with Gasteiger partial charge in [-0.1, -0.05) is 6.92 Å². The molecule has 1 aromatic heterocycles. The molecule has 21 heavy (non-hydrogen) atoms. The average molecular weight is 304 g/mol. The smallest absolute Gasteiger partial charge is 0.332 e. The standard InChI is InChI=1S/C13H21FN2O5/c1-3-10(18)11(7-17)21-8-15-6-9(2)12(19)16(5-4-14)13(15)20/h6,10-11,17-18H,3-5,7-8H2,1-2H3/t10-,11?/m0/s1. The Morgan fingerprint density at radius 3 is 2.62 bits per heavy atom. The molecule has 0 spiro atoms. The molecule has 0 saturated carbocycles. The number of hydrogen-bond donors (Lipinski definition) is 2. The van der Waals surface area contributed by atoms with Crippen LogP contribution in [0.25, 0.3) is 0 Å². The minimum absolute atomic E-state index is 0.242. The Hall–Kier alpha value is -1.51. The summed E-state index contributed by atoms with van der Waals surface area (Å²) in [5, 5.41) is 18.8. The zero-order valence-corrected chi connectivity index (χ0v) is 12.2. The second kappa shape index (κ2) is 8.06. The molecule has 7 nitrogen and oxygen atoms in total. The Balaban J connectivity index is 2.99. The number of rotatable bonds is 8. The predicted octanol–water partition coefficient (Wildman–Crippen LogP) is -0.606. The molecule has 0 aliphatic carbocycles. The zero-order chi connectivity index (χ0) is 16.0. The third-order valence-electron chi connectivity index (χ3n) is 3.17. The van der Waals surface area contributed by atoms with E-state index in [9.17, 15) is 19.1 Å². The van der Waals surface area contributed by atoms with E-state index in [0.717, 1.165) is 9.13 Å². The first-order chi connectivity index (χ1) is 9.96. The molecule has 120 valence electrons. The Bertz CT molecular complexity index is 569. The number of aryl methyl sites for hydroxylation is 1. The lowest BCUT2D eigenvalue weighted by Gasteiger charge is -2.21. The lowest BCUT2D eigenvalue weighted by Crippen LogP contribution is -2.42. The Morgan fingerprint density at radius 1 is 1.43 bits per heavy atom. The van der Waals surface area contributed by atoms with Crippen molar-refractivity contribution in [2.75, 3.05) is 13.3 Å². The highest BCUT2D eigenvalue weighted by atomic mass is 19.1. The second-order valence-electron chi connectivity index (χ2n) is 4.70. The summed E-state index contributed by atoms with van der Waals surface area (Å²) in [6, 6.07) is 0. The lowest BCUT2D eigenvalue weighted by molar-refractivity contribution is -0.0893. The summed E-state index contributed by atoms with van der Waals surface area (Å²) < 4.78 is 19.6. The van der Waals surface area contributed by atoms with Crippen LogP contribution in [0, 0.1) is 6.92 Å². The van der Waals surface area contributed by atoms with E-state index >= 15 is 0 Å². The van der Waals surface area contributed by atoms with Gasteiger partial charge >= 0.3 is 5.69 Å². The highest BCUT2D eigenvalue weighted by Crippen LogP contribution is 2.04. The molecule has 0 aliphatic heterocycles. The molecule has 1 aromatic rings. The second-order valence-corrected chi connectivity index (χ2v) is 4.70. The molecular weight excluding hydrogens is 283 g/mol. The average Bonchev–Trinajstić information content (AvgIpc) is 2.48. The largest absolute Gasteiger partial charge is 0.394 e. The van der Waals surface area contributed by atoms with Crippen molar-refractivity contribution in [2.24, 2.45) is 0 Å². The van der Waals surface area contributed by atoms with Crippen LogP contribution in [0.15, 0.2) is 15.8 Å². The van der Waals surface area contributed by atoms with Crippen LogP contribution in [0.4, 0.5) is 4.39 Å². The van der Waals surface area contributed by atoms with E-state index in [-0.39, 0.29) is 18.8 Å². The van der Waals surface area contributed by atoms with Crippen molar-refractivity contribution >= 4 is 0 Å².